The molecule has 0 spiro atoms. The molecule has 0 saturated carbocycles. The maximum atomic E-state index is 12.2. The summed E-state index contributed by atoms with van der Waals surface area (Å²) in [4.78, 5) is 12.3. The van der Waals surface area contributed by atoms with E-state index >= 15 is 0 Å². The number of nitrogens with two attached hydrogens (primary N) is 1. The Morgan fingerprint density at radius 2 is 1.63 bits per heavy atom. The number of primary sulfonamides is 1. The molecule has 0 aliphatic rings. The summed E-state index contributed by atoms with van der Waals surface area (Å²) in [5.41, 5.74) is 2.01. The average Bonchev–Trinajstić information content (AvgIpc) is 2.59. The lowest BCUT2D eigenvalue weighted by atomic mass is 9.87. The highest BCUT2D eigenvalue weighted by Crippen LogP contribution is 2.24. The standard InChI is InChI=1S/C20H26N2O4S/c1-14(26-17-9-7-16(8-10-17)20(2,3)4)19(23)22-13-15-5-11-18(12-6-15)27(21,24)25/h5-12,14H,13H2,1-4H3,(H,22,23)(H2,21,24,25). The monoisotopic (exact) mass is 390 g/mol. The quantitative estimate of drug-likeness (QED) is 0.792. The number of nitrogens with one attached hydrogen (secondary N) is 1. The van der Waals surface area contributed by atoms with E-state index in [4.69, 9.17) is 9.88 Å². The van der Waals surface area contributed by atoms with Crippen LogP contribution in [-0.2, 0) is 26.8 Å². The van der Waals surface area contributed by atoms with Crippen LogP contribution in [0.3, 0.4) is 0 Å². The average molecular weight is 391 g/mol. The second-order valence-electron chi connectivity index (χ2n) is 7.44. The van der Waals surface area contributed by atoms with E-state index in [-0.39, 0.29) is 22.8 Å². The van der Waals surface area contributed by atoms with Crippen LogP contribution in [-0.4, -0.2) is 20.4 Å². The highest BCUT2D eigenvalue weighted by molar-refractivity contribution is 7.89. The first kappa shape index (κ1) is 20.9. The van der Waals surface area contributed by atoms with Crippen molar-refractivity contribution in [2.45, 2.75) is 50.7 Å². The van der Waals surface area contributed by atoms with Crippen molar-refractivity contribution in [3.05, 3.63) is 59.7 Å². The van der Waals surface area contributed by atoms with Gasteiger partial charge in [-0.2, -0.15) is 0 Å². The van der Waals surface area contributed by atoms with E-state index < -0.39 is 16.1 Å². The van der Waals surface area contributed by atoms with Crippen molar-refractivity contribution < 1.29 is 17.9 Å². The maximum Gasteiger partial charge on any atom is 0.261 e. The lowest BCUT2D eigenvalue weighted by Gasteiger charge is -2.20. The normalized spacial score (nSPS) is 13.1. The number of rotatable bonds is 6. The lowest BCUT2D eigenvalue weighted by Crippen LogP contribution is -2.35. The van der Waals surface area contributed by atoms with E-state index in [0.29, 0.717) is 5.75 Å². The summed E-state index contributed by atoms with van der Waals surface area (Å²) < 4.78 is 28.2. The third-order valence-electron chi connectivity index (χ3n) is 4.12. The zero-order valence-electron chi connectivity index (χ0n) is 16.0. The van der Waals surface area contributed by atoms with Crippen molar-refractivity contribution in [3.63, 3.8) is 0 Å². The predicted molar refractivity (Wildman–Crippen MR) is 105 cm³/mol. The minimum absolute atomic E-state index is 0.0352. The Balaban J connectivity index is 1.90. The molecule has 1 amide bonds. The molecule has 146 valence electrons. The minimum atomic E-state index is -3.72. The third-order valence-corrected chi connectivity index (χ3v) is 5.05. The summed E-state index contributed by atoms with van der Waals surface area (Å²) in [5.74, 6) is 0.369. The van der Waals surface area contributed by atoms with Gasteiger partial charge in [-0.15, -0.1) is 0 Å². The molecule has 27 heavy (non-hydrogen) atoms. The molecule has 0 bridgehead atoms. The van der Waals surface area contributed by atoms with Crippen LogP contribution in [0.2, 0.25) is 0 Å². The molecule has 0 radical (unpaired) electrons. The second kappa shape index (κ2) is 8.10. The maximum absolute atomic E-state index is 12.2. The molecule has 1 atom stereocenters. The fourth-order valence-corrected chi connectivity index (χ4v) is 2.94. The summed E-state index contributed by atoms with van der Waals surface area (Å²) in [6.07, 6.45) is -0.658. The van der Waals surface area contributed by atoms with Crippen molar-refractivity contribution in [3.8, 4) is 5.75 Å². The molecule has 7 heteroatoms. The van der Waals surface area contributed by atoms with E-state index in [1.54, 1.807) is 19.1 Å². The molecule has 3 N–H and O–H groups in total. The van der Waals surface area contributed by atoms with Crippen molar-refractivity contribution in [2.75, 3.05) is 0 Å². The van der Waals surface area contributed by atoms with Gasteiger partial charge in [0.1, 0.15) is 5.75 Å². The van der Waals surface area contributed by atoms with Gasteiger partial charge in [0, 0.05) is 6.54 Å². The molecule has 2 aromatic rings. The predicted octanol–water partition coefficient (Wildman–Crippen LogP) is 2.72. The second-order valence-corrected chi connectivity index (χ2v) is 9.00. The molecule has 0 fully saturated rings. The Kier molecular flexibility index (Phi) is 6.28. The van der Waals surface area contributed by atoms with Gasteiger partial charge in [0.15, 0.2) is 6.10 Å². The lowest BCUT2D eigenvalue weighted by molar-refractivity contribution is -0.127. The van der Waals surface area contributed by atoms with Crippen LogP contribution in [0.5, 0.6) is 5.75 Å². The van der Waals surface area contributed by atoms with E-state index in [2.05, 4.69) is 26.1 Å². The zero-order chi connectivity index (χ0) is 20.2. The van der Waals surface area contributed by atoms with Crippen molar-refractivity contribution >= 4 is 15.9 Å². The van der Waals surface area contributed by atoms with Gasteiger partial charge in [0.05, 0.1) is 4.90 Å². The number of sulfonamides is 1. The van der Waals surface area contributed by atoms with Crippen molar-refractivity contribution in [1.82, 2.24) is 5.32 Å². The summed E-state index contributed by atoms with van der Waals surface area (Å²) in [7, 11) is -3.72. The summed E-state index contributed by atoms with van der Waals surface area (Å²) in [6.45, 7) is 8.34. The van der Waals surface area contributed by atoms with Gasteiger partial charge in [-0.25, -0.2) is 13.6 Å². The fourth-order valence-electron chi connectivity index (χ4n) is 2.42. The highest BCUT2D eigenvalue weighted by atomic mass is 32.2. The van der Waals surface area contributed by atoms with E-state index in [9.17, 15) is 13.2 Å². The Bertz CT molecular complexity index is 883. The van der Waals surface area contributed by atoms with Crippen LogP contribution in [0, 0.1) is 0 Å². The van der Waals surface area contributed by atoms with Gasteiger partial charge in [-0.1, -0.05) is 45.0 Å². The number of ether oxygens (including phenoxy) is 1. The minimum Gasteiger partial charge on any atom is -0.481 e. The summed E-state index contributed by atoms with van der Waals surface area (Å²) >= 11 is 0. The molecule has 0 heterocycles. The van der Waals surface area contributed by atoms with E-state index in [1.807, 2.05) is 24.3 Å². The van der Waals surface area contributed by atoms with Crippen LogP contribution < -0.4 is 15.2 Å². The Labute approximate surface area is 160 Å². The van der Waals surface area contributed by atoms with Crippen LogP contribution >= 0.6 is 0 Å². The highest BCUT2D eigenvalue weighted by Gasteiger charge is 2.16. The number of hydrogen-bond acceptors (Lipinski definition) is 4. The Hall–Kier alpha value is -2.38. The Morgan fingerprint density at radius 3 is 2.11 bits per heavy atom. The molecule has 2 rings (SSSR count). The van der Waals surface area contributed by atoms with Gasteiger partial charge in [0.2, 0.25) is 10.0 Å². The molecule has 1 unspecified atom stereocenters. The first-order valence-electron chi connectivity index (χ1n) is 8.63. The van der Waals surface area contributed by atoms with Gasteiger partial charge >= 0.3 is 0 Å². The zero-order valence-corrected chi connectivity index (χ0v) is 16.8. The summed E-state index contributed by atoms with van der Waals surface area (Å²) in [5, 5.41) is 7.83. The van der Waals surface area contributed by atoms with Crippen LogP contribution in [0.1, 0.15) is 38.8 Å². The molecule has 0 aromatic heterocycles. The van der Waals surface area contributed by atoms with Crippen LogP contribution in [0.15, 0.2) is 53.4 Å². The summed E-state index contributed by atoms with van der Waals surface area (Å²) in [6, 6.07) is 13.7. The van der Waals surface area contributed by atoms with Crippen molar-refractivity contribution in [2.24, 2.45) is 5.14 Å². The number of benzene rings is 2. The molecule has 0 saturated heterocycles. The largest absolute Gasteiger partial charge is 0.481 e. The molecular formula is C20H26N2O4S. The Morgan fingerprint density at radius 1 is 1.07 bits per heavy atom. The molecule has 2 aromatic carbocycles. The number of amides is 1. The van der Waals surface area contributed by atoms with Gasteiger partial charge in [-0.05, 0) is 47.7 Å². The molecule has 0 aliphatic carbocycles. The fraction of sp³-hybridized carbons (Fsp3) is 0.350. The van der Waals surface area contributed by atoms with E-state index in [0.717, 1.165) is 5.56 Å². The molecule has 0 aliphatic heterocycles. The van der Waals surface area contributed by atoms with Gasteiger partial charge in [-0.3, -0.25) is 4.79 Å². The SMILES string of the molecule is CC(Oc1ccc(C(C)(C)C)cc1)C(=O)NCc1ccc(S(N)(=O)=O)cc1. The van der Waals surface area contributed by atoms with Gasteiger partial charge < -0.3 is 10.1 Å². The number of carbonyl (C=O) groups is 1. The van der Waals surface area contributed by atoms with Crippen LogP contribution in [0.4, 0.5) is 0 Å². The first-order chi connectivity index (χ1) is 12.5. The van der Waals surface area contributed by atoms with Crippen LogP contribution in [0.25, 0.3) is 0 Å². The number of hydrogen-bond donors (Lipinski definition) is 2. The topological polar surface area (TPSA) is 98.5 Å². The molecular weight excluding hydrogens is 364 g/mol. The molecule has 6 nitrogen and oxygen atoms in total. The third kappa shape index (κ3) is 6.08. The van der Waals surface area contributed by atoms with Crippen molar-refractivity contribution in [1.29, 1.82) is 0 Å². The first-order valence-corrected chi connectivity index (χ1v) is 10.2. The smallest absolute Gasteiger partial charge is 0.261 e. The van der Waals surface area contributed by atoms with E-state index in [1.165, 1.54) is 17.7 Å². The van der Waals surface area contributed by atoms with Gasteiger partial charge in [0.25, 0.3) is 5.91 Å². The number of carbonyl (C=O) groups excluding carboxylic acids is 1.